The third-order valence-corrected chi connectivity index (χ3v) is 5.21. The normalized spacial score (nSPS) is 10.7. The lowest BCUT2D eigenvalue weighted by molar-refractivity contribution is -0.123. The molecule has 0 aromatic heterocycles. The zero-order valence-corrected chi connectivity index (χ0v) is 19.9. The van der Waals surface area contributed by atoms with Crippen molar-refractivity contribution in [1.29, 1.82) is 0 Å². The second kappa shape index (κ2) is 12.6. The van der Waals surface area contributed by atoms with E-state index in [1.54, 1.807) is 48.5 Å². The van der Waals surface area contributed by atoms with Crippen LogP contribution >= 0.6 is 15.9 Å². The number of nitrogens with one attached hydrogen (secondary N) is 1. The summed E-state index contributed by atoms with van der Waals surface area (Å²) in [5.41, 5.74) is 4.88. The van der Waals surface area contributed by atoms with Gasteiger partial charge in [0.2, 0.25) is 0 Å². The van der Waals surface area contributed by atoms with Crippen LogP contribution in [0.2, 0.25) is 0 Å². The molecule has 0 bridgehead atoms. The van der Waals surface area contributed by atoms with Crippen LogP contribution in [0.3, 0.4) is 0 Å². The van der Waals surface area contributed by atoms with Gasteiger partial charge in [-0.2, -0.15) is 5.10 Å². The van der Waals surface area contributed by atoms with Gasteiger partial charge in [0, 0.05) is 4.47 Å². The third-order valence-electron chi connectivity index (χ3n) is 4.69. The molecule has 0 saturated heterocycles. The standard InChI is InChI=1S/C26H25BrN2O4/c1-2-3-4-19-5-13-23(14-6-19)32-18-25(30)29-28-17-20-7-15-24(16-8-20)33-26(31)21-9-11-22(27)12-10-21/h5-17H,2-4,18H2,1H3,(H,29,30). The average Bonchev–Trinajstić information content (AvgIpc) is 2.83. The Bertz CT molecular complexity index is 1080. The van der Waals surface area contributed by atoms with Gasteiger partial charge in [-0.1, -0.05) is 41.4 Å². The molecule has 0 radical (unpaired) electrons. The molecule has 0 atom stereocenters. The highest BCUT2D eigenvalue weighted by molar-refractivity contribution is 9.10. The second-order valence-electron chi connectivity index (χ2n) is 7.29. The van der Waals surface area contributed by atoms with E-state index in [0.717, 1.165) is 29.3 Å². The lowest BCUT2D eigenvalue weighted by Crippen LogP contribution is -2.24. The number of unbranched alkanes of at least 4 members (excludes halogenated alkanes) is 1. The first-order valence-electron chi connectivity index (χ1n) is 10.6. The number of hydrazone groups is 1. The van der Waals surface area contributed by atoms with E-state index in [1.165, 1.54) is 11.8 Å². The Morgan fingerprint density at radius 3 is 2.27 bits per heavy atom. The van der Waals surface area contributed by atoms with E-state index in [0.29, 0.717) is 17.1 Å². The quantitative estimate of drug-likeness (QED) is 0.169. The number of halogens is 1. The van der Waals surface area contributed by atoms with Crippen LogP contribution in [-0.2, 0) is 11.2 Å². The highest BCUT2D eigenvalue weighted by Gasteiger charge is 2.08. The van der Waals surface area contributed by atoms with E-state index < -0.39 is 5.97 Å². The van der Waals surface area contributed by atoms with Crippen LogP contribution in [0, 0.1) is 0 Å². The molecule has 0 aliphatic rings. The fraction of sp³-hybridized carbons (Fsp3) is 0.192. The van der Waals surface area contributed by atoms with Crippen LogP contribution in [-0.4, -0.2) is 24.7 Å². The van der Waals surface area contributed by atoms with Crippen LogP contribution in [0.15, 0.2) is 82.4 Å². The summed E-state index contributed by atoms with van der Waals surface area (Å²) in [5.74, 6) is 0.258. The summed E-state index contributed by atoms with van der Waals surface area (Å²) in [6.07, 6.45) is 4.85. The number of carbonyl (C=O) groups excluding carboxylic acids is 2. The number of aryl methyl sites for hydroxylation is 1. The number of carbonyl (C=O) groups is 2. The van der Waals surface area contributed by atoms with Gasteiger partial charge >= 0.3 is 5.97 Å². The fourth-order valence-corrected chi connectivity index (χ4v) is 3.13. The monoisotopic (exact) mass is 508 g/mol. The molecule has 6 nitrogen and oxygen atoms in total. The number of ether oxygens (including phenoxy) is 2. The maximum absolute atomic E-state index is 12.2. The van der Waals surface area contributed by atoms with Gasteiger partial charge in [-0.3, -0.25) is 4.79 Å². The molecule has 0 spiro atoms. The zero-order chi connectivity index (χ0) is 23.5. The molecule has 0 saturated carbocycles. The van der Waals surface area contributed by atoms with E-state index in [2.05, 4.69) is 33.4 Å². The molecule has 3 aromatic carbocycles. The minimum Gasteiger partial charge on any atom is -0.484 e. The summed E-state index contributed by atoms with van der Waals surface area (Å²) in [5, 5.41) is 3.93. The van der Waals surface area contributed by atoms with E-state index in [-0.39, 0.29) is 12.5 Å². The number of hydrogen-bond donors (Lipinski definition) is 1. The largest absolute Gasteiger partial charge is 0.484 e. The van der Waals surface area contributed by atoms with Gasteiger partial charge in [-0.05, 0) is 84.6 Å². The van der Waals surface area contributed by atoms with Crippen molar-refractivity contribution >= 4 is 34.0 Å². The first kappa shape index (κ1) is 24.2. The molecule has 170 valence electrons. The molecular weight excluding hydrogens is 484 g/mol. The third kappa shape index (κ3) is 8.20. The van der Waals surface area contributed by atoms with E-state index >= 15 is 0 Å². The van der Waals surface area contributed by atoms with Gasteiger partial charge in [0.05, 0.1) is 11.8 Å². The second-order valence-corrected chi connectivity index (χ2v) is 8.21. The van der Waals surface area contributed by atoms with Gasteiger partial charge in [0.15, 0.2) is 6.61 Å². The van der Waals surface area contributed by atoms with Crippen molar-refractivity contribution in [2.24, 2.45) is 5.10 Å². The van der Waals surface area contributed by atoms with Gasteiger partial charge < -0.3 is 9.47 Å². The van der Waals surface area contributed by atoms with Crippen molar-refractivity contribution in [3.8, 4) is 11.5 Å². The lowest BCUT2D eigenvalue weighted by Gasteiger charge is -2.06. The lowest BCUT2D eigenvalue weighted by atomic mass is 10.1. The molecule has 0 unspecified atom stereocenters. The number of rotatable bonds is 10. The van der Waals surface area contributed by atoms with Gasteiger partial charge in [-0.15, -0.1) is 0 Å². The van der Waals surface area contributed by atoms with Crippen LogP contribution in [0.5, 0.6) is 11.5 Å². The fourth-order valence-electron chi connectivity index (χ4n) is 2.87. The van der Waals surface area contributed by atoms with Crippen LogP contribution in [0.4, 0.5) is 0 Å². The van der Waals surface area contributed by atoms with Crippen molar-refractivity contribution in [3.63, 3.8) is 0 Å². The Hall–Kier alpha value is -3.45. The maximum atomic E-state index is 12.2. The highest BCUT2D eigenvalue weighted by atomic mass is 79.9. The minimum absolute atomic E-state index is 0.128. The van der Waals surface area contributed by atoms with Crippen molar-refractivity contribution < 1.29 is 19.1 Å². The Balaban J connectivity index is 1.41. The molecule has 3 aromatic rings. The predicted molar refractivity (Wildman–Crippen MR) is 132 cm³/mol. The van der Waals surface area contributed by atoms with E-state index in [1.807, 2.05) is 24.3 Å². The Morgan fingerprint density at radius 1 is 0.939 bits per heavy atom. The van der Waals surface area contributed by atoms with Crippen LogP contribution < -0.4 is 14.9 Å². The average molecular weight is 509 g/mol. The number of hydrogen-bond acceptors (Lipinski definition) is 5. The van der Waals surface area contributed by atoms with Crippen molar-refractivity contribution in [3.05, 3.63) is 94.0 Å². The molecule has 7 heteroatoms. The number of benzene rings is 3. The van der Waals surface area contributed by atoms with Gasteiger partial charge in [0.25, 0.3) is 5.91 Å². The summed E-state index contributed by atoms with van der Waals surface area (Å²) in [6, 6.07) is 21.5. The van der Waals surface area contributed by atoms with Crippen LogP contribution in [0.25, 0.3) is 0 Å². The molecular formula is C26H25BrN2O4. The Kier molecular flexibility index (Phi) is 9.20. The maximum Gasteiger partial charge on any atom is 0.343 e. The Morgan fingerprint density at radius 2 is 1.61 bits per heavy atom. The first-order valence-corrected chi connectivity index (χ1v) is 11.4. The van der Waals surface area contributed by atoms with Crippen LogP contribution in [0.1, 0.15) is 41.3 Å². The SMILES string of the molecule is CCCCc1ccc(OCC(=O)NN=Cc2ccc(OC(=O)c3ccc(Br)cc3)cc2)cc1. The molecule has 0 aliphatic carbocycles. The summed E-state index contributed by atoms with van der Waals surface area (Å²) in [6.45, 7) is 2.04. The van der Waals surface area contributed by atoms with Gasteiger partial charge in [-0.25, -0.2) is 10.2 Å². The molecule has 3 rings (SSSR count). The summed E-state index contributed by atoms with van der Waals surface area (Å²) in [7, 11) is 0. The molecule has 33 heavy (non-hydrogen) atoms. The molecule has 1 amide bonds. The summed E-state index contributed by atoms with van der Waals surface area (Å²) in [4.78, 5) is 24.1. The van der Waals surface area contributed by atoms with Crippen molar-refractivity contribution in [2.75, 3.05) is 6.61 Å². The topological polar surface area (TPSA) is 77.0 Å². The van der Waals surface area contributed by atoms with E-state index in [9.17, 15) is 9.59 Å². The zero-order valence-electron chi connectivity index (χ0n) is 18.3. The number of nitrogens with zero attached hydrogens (tertiary/aromatic N) is 1. The van der Waals surface area contributed by atoms with E-state index in [4.69, 9.17) is 9.47 Å². The van der Waals surface area contributed by atoms with Crippen molar-refractivity contribution in [1.82, 2.24) is 5.43 Å². The van der Waals surface area contributed by atoms with Gasteiger partial charge in [0.1, 0.15) is 11.5 Å². The minimum atomic E-state index is -0.438. The van der Waals surface area contributed by atoms with Crippen molar-refractivity contribution in [2.45, 2.75) is 26.2 Å². The first-order chi connectivity index (χ1) is 16.0. The Labute approximate surface area is 201 Å². The molecule has 1 N–H and O–H groups in total. The smallest absolute Gasteiger partial charge is 0.343 e. The summed E-state index contributed by atoms with van der Waals surface area (Å²) >= 11 is 3.33. The molecule has 0 aliphatic heterocycles. The number of esters is 1. The molecule has 0 fully saturated rings. The molecule has 0 heterocycles. The number of amides is 1. The predicted octanol–water partition coefficient (Wildman–Crippen LogP) is 5.54. The summed E-state index contributed by atoms with van der Waals surface area (Å²) < 4.78 is 11.7. The highest BCUT2D eigenvalue weighted by Crippen LogP contribution is 2.16.